The second kappa shape index (κ2) is 8.79. The number of hydrogen-bond donors (Lipinski definition) is 1. The SMILES string of the molecule is CCn1c(C)nnc1-c1ccc(C)c(NC(=O)C2C=NCCC2c2ccc(F)cc2)c1. The van der Waals surface area contributed by atoms with Crippen LogP contribution in [-0.2, 0) is 11.3 Å². The zero-order valence-electron chi connectivity index (χ0n) is 18.0. The van der Waals surface area contributed by atoms with E-state index in [0.29, 0.717) is 6.54 Å². The van der Waals surface area contributed by atoms with Gasteiger partial charge in [0.25, 0.3) is 0 Å². The Hall–Kier alpha value is -3.35. The first-order valence-electron chi connectivity index (χ1n) is 10.5. The molecule has 0 fully saturated rings. The maximum absolute atomic E-state index is 13.4. The molecule has 0 saturated carbocycles. The summed E-state index contributed by atoms with van der Waals surface area (Å²) < 4.78 is 15.4. The Balaban J connectivity index is 1.60. The van der Waals surface area contributed by atoms with Crippen molar-refractivity contribution in [2.45, 2.75) is 39.7 Å². The van der Waals surface area contributed by atoms with E-state index in [4.69, 9.17) is 0 Å². The summed E-state index contributed by atoms with van der Waals surface area (Å²) >= 11 is 0. The molecular formula is C24H26FN5O. The highest BCUT2D eigenvalue weighted by molar-refractivity contribution is 6.03. The van der Waals surface area contributed by atoms with Crippen molar-refractivity contribution >= 4 is 17.8 Å². The first-order valence-corrected chi connectivity index (χ1v) is 10.5. The molecule has 2 unspecified atom stereocenters. The van der Waals surface area contributed by atoms with Gasteiger partial charge in [0.1, 0.15) is 11.6 Å². The number of nitrogens with zero attached hydrogens (tertiary/aromatic N) is 4. The van der Waals surface area contributed by atoms with Crippen LogP contribution in [0.4, 0.5) is 10.1 Å². The van der Waals surface area contributed by atoms with Crippen molar-refractivity contribution in [2.75, 3.05) is 11.9 Å². The maximum Gasteiger partial charge on any atom is 0.233 e. The van der Waals surface area contributed by atoms with E-state index >= 15 is 0 Å². The van der Waals surface area contributed by atoms with Crippen LogP contribution in [-0.4, -0.2) is 33.4 Å². The minimum atomic E-state index is -0.413. The van der Waals surface area contributed by atoms with Crippen LogP contribution in [0.5, 0.6) is 0 Å². The summed E-state index contributed by atoms with van der Waals surface area (Å²) in [5.74, 6) is 0.780. The predicted molar refractivity (Wildman–Crippen MR) is 120 cm³/mol. The Morgan fingerprint density at radius 3 is 2.68 bits per heavy atom. The van der Waals surface area contributed by atoms with E-state index < -0.39 is 5.92 Å². The smallest absolute Gasteiger partial charge is 0.233 e. The molecule has 1 N–H and O–H groups in total. The zero-order chi connectivity index (χ0) is 22.0. The van der Waals surface area contributed by atoms with Crippen LogP contribution in [0.1, 0.15) is 36.2 Å². The number of hydrogen-bond acceptors (Lipinski definition) is 4. The second-order valence-corrected chi connectivity index (χ2v) is 7.86. The van der Waals surface area contributed by atoms with Crippen LogP contribution >= 0.6 is 0 Å². The van der Waals surface area contributed by atoms with Gasteiger partial charge in [0, 0.05) is 36.5 Å². The molecule has 0 radical (unpaired) electrons. The molecule has 1 amide bonds. The fourth-order valence-electron chi connectivity index (χ4n) is 4.10. The molecule has 31 heavy (non-hydrogen) atoms. The van der Waals surface area contributed by atoms with Gasteiger partial charge in [0.2, 0.25) is 5.91 Å². The molecule has 2 heterocycles. The molecule has 0 spiro atoms. The van der Waals surface area contributed by atoms with Crippen molar-refractivity contribution in [1.82, 2.24) is 14.8 Å². The lowest BCUT2D eigenvalue weighted by atomic mass is 9.82. The lowest BCUT2D eigenvalue weighted by Crippen LogP contribution is -2.32. The average molecular weight is 420 g/mol. The predicted octanol–water partition coefficient (Wildman–Crippen LogP) is 4.53. The molecule has 3 aromatic rings. The van der Waals surface area contributed by atoms with Gasteiger partial charge >= 0.3 is 0 Å². The van der Waals surface area contributed by atoms with Gasteiger partial charge < -0.3 is 9.88 Å². The van der Waals surface area contributed by atoms with Gasteiger partial charge in [-0.15, -0.1) is 10.2 Å². The van der Waals surface area contributed by atoms with E-state index in [9.17, 15) is 9.18 Å². The van der Waals surface area contributed by atoms with E-state index in [-0.39, 0.29) is 17.6 Å². The molecule has 0 saturated heterocycles. The minimum absolute atomic E-state index is 0.0348. The van der Waals surface area contributed by atoms with E-state index in [1.165, 1.54) is 12.1 Å². The van der Waals surface area contributed by atoms with E-state index in [0.717, 1.165) is 47.0 Å². The lowest BCUT2D eigenvalue weighted by Gasteiger charge is -2.27. The molecule has 0 bridgehead atoms. The lowest BCUT2D eigenvalue weighted by molar-refractivity contribution is -0.118. The van der Waals surface area contributed by atoms with E-state index in [2.05, 4.69) is 27.4 Å². The zero-order valence-corrected chi connectivity index (χ0v) is 18.0. The number of aryl methyl sites for hydroxylation is 2. The number of anilines is 1. The molecule has 4 rings (SSSR count). The molecule has 6 nitrogen and oxygen atoms in total. The number of aromatic nitrogens is 3. The molecule has 1 aromatic heterocycles. The molecule has 160 valence electrons. The average Bonchev–Trinajstić information content (AvgIpc) is 3.16. The number of halogens is 1. The highest BCUT2D eigenvalue weighted by Gasteiger charge is 2.30. The van der Waals surface area contributed by atoms with Gasteiger partial charge in [-0.2, -0.15) is 0 Å². The van der Waals surface area contributed by atoms with E-state index in [1.54, 1.807) is 18.3 Å². The summed E-state index contributed by atoms with van der Waals surface area (Å²) in [7, 11) is 0. The molecule has 1 aliphatic rings. The first-order chi connectivity index (χ1) is 15.0. The third-order valence-corrected chi connectivity index (χ3v) is 5.88. The van der Waals surface area contributed by atoms with Crippen molar-refractivity contribution in [3.8, 4) is 11.4 Å². The Morgan fingerprint density at radius 1 is 1.16 bits per heavy atom. The fourth-order valence-corrected chi connectivity index (χ4v) is 4.10. The Morgan fingerprint density at radius 2 is 1.94 bits per heavy atom. The summed E-state index contributed by atoms with van der Waals surface area (Å²) in [6.07, 6.45) is 2.47. The number of carbonyl (C=O) groups excluding carboxylic acids is 1. The van der Waals surface area contributed by atoms with Gasteiger partial charge in [-0.25, -0.2) is 4.39 Å². The molecule has 0 aliphatic carbocycles. The van der Waals surface area contributed by atoms with Gasteiger partial charge in [-0.1, -0.05) is 24.3 Å². The Labute approximate surface area is 181 Å². The second-order valence-electron chi connectivity index (χ2n) is 7.86. The molecule has 2 aromatic carbocycles. The van der Waals surface area contributed by atoms with Crippen LogP contribution in [0, 0.1) is 25.6 Å². The fraction of sp³-hybridized carbons (Fsp3) is 0.333. The molecule has 7 heteroatoms. The number of aliphatic imine (C=N–C) groups is 1. The van der Waals surface area contributed by atoms with Crippen molar-refractivity contribution in [3.05, 3.63) is 65.2 Å². The molecular weight excluding hydrogens is 393 g/mol. The first kappa shape index (κ1) is 20.9. The summed E-state index contributed by atoms with van der Waals surface area (Å²) in [4.78, 5) is 17.6. The van der Waals surface area contributed by atoms with Crippen LogP contribution in [0.15, 0.2) is 47.5 Å². The van der Waals surface area contributed by atoms with Crippen molar-refractivity contribution in [1.29, 1.82) is 0 Å². The minimum Gasteiger partial charge on any atom is -0.325 e. The monoisotopic (exact) mass is 419 g/mol. The normalized spacial score (nSPS) is 18.2. The van der Waals surface area contributed by atoms with Crippen LogP contribution in [0.25, 0.3) is 11.4 Å². The third-order valence-electron chi connectivity index (χ3n) is 5.88. The highest BCUT2D eigenvalue weighted by Crippen LogP contribution is 2.32. The number of nitrogens with one attached hydrogen (secondary N) is 1. The van der Waals surface area contributed by atoms with Gasteiger partial charge in [-0.05, 0) is 56.5 Å². The van der Waals surface area contributed by atoms with Crippen molar-refractivity contribution < 1.29 is 9.18 Å². The highest BCUT2D eigenvalue weighted by atomic mass is 19.1. The van der Waals surface area contributed by atoms with E-state index in [1.807, 2.05) is 36.6 Å². The summed E-state index contributed by atoms with van der Waals surface area (Å²) in [5, 5.41) is 11.6. The van der Waals surface area contributed by atoms with Crippen LogP contribution < -0.4 is 5.32 Å². The van der Waals surface area contributed by atoms with Crippen LogP contribution in [0.3, 0.4) is 0 Å². The Bertz CT molecular complexity index is 1120. The summed E-state index contributed by atoms with van der Waals surface area (Å²) in [5.41, 5.74) is 3.55. The van der Waals surface area contributed by atoms with Gasteiger partial charge in [0.15, 0.2) is 5.82 Å². The van der Waals surface area contributed by atoms with Gasteiger partial charge in [0.05, 0.1) is 5.92 Å². The summed E-state index contributed by atoms with van der Waals surface area (Å²) in [6, 6.07) is 12.3. The van der Waals surface area contributed by atoms with Crippen LogP contribution in [0.2, 0.25) is 0 Å². The molecule has 2 atom stereocenters. The van der Waals surface area contributed by atoms with Crippen molar-refractivity contribution in [3.63, 3.8) is 0 Å². The largest absolute Gasteiger partial charge is 0.325 e. The number of rotatable bonds is 5. The summed E-state index contributed by atoms with van der Waals surface area (Å²) in [6.45, 7) is 7.36. The topological polar surface area (TPSA) is 72.2 Å². The standard InChI is InChI=1S/C24H26FN5O/c1-4-30-16(3)28-29-23(30)18-6-5-15(2)22(13-18)27-24(31)21-14-26-12-11-20(21)17-7-9-19(25)10-8-17/h5-10,13-14,20-21H,4,11-12H2,1-3H3,(H,27,31). The number of carbonyl (C=O) groups is 1. The van der Waals surface area contributed by atoms with Gasteiger partial charge in [-0.3, -0.25) is 9.79 Å². The number of amides is 1. The number of benzene rings is 2. The Kier molecular flexibility index (Phi) is 5.93. The maximum atomic E-state index is 13.4. The van der Waals surface area contributed by atoms with Crippen molar-refractivity contribution in [2.24, 2.45) is 10.9 Å². The third kappa shape index (κ3) is 4.26. The molecule has 1 aliphatic heterocycles. The quantitative estimate of drug-likeness (QED) is 0.660.